The van der Waals surface area contributed by atoms with Crippen LogP contribution in [0.15, 0.2) is 40.9 Å². The summed E-state index contributed by atoms with van der Waals surface area (Å²) in [6, 6.07) is 12.6. The lowest BCUT2D eigenvalue weighted by molar-refractivity contribution is -0.115. The van der Waals surface area contributed by atoms with Gasteiger partial charge >= 0.3 is 0 Å². The number of thioether (sulfide) groups is 1. The fourth-order valence-corrected chi connectivity index (χ4v) is 2.48. The van der Waals surface area contributed by atoms with Crippen molar-refractivity contribution < 1.29 is 4.79 Å². The Kier molecular flexibility index (Phi) is 3.13. The standard InChI is InChI=1S/C12H7N3OS/c13-6-9(7-14)12-15(11(16)8-17-12)10-4-2-1-3-5-10/h1-5H,8H2. The van der Waals surface area contributed by atoms with Crippen LogP contribution in [0.5, 0.6) is 0 Å². The van der Waals surface area contributed by atoms with Gasteiger partial charge in [-0.25, -0.2) is 0 Å². The number of nitriles is 2. The zero-order chi connectivity index (χ0) is 12.3. The molecule has 1 heterocycles. The highest BCUT2D eigenvalue weighted by Gasteiger charge is 2.30. The Morgan fingerprint density at radius 3 is 2.47 bits per heavy atom. The van der Waals surface area contributed by atoms with E-state index in [4.69, 9.17) is 10.5 Å². The summed E-state index contributed by atoms with van der Waals surface area (Å²) in [6.07, 6.45) is 0. The van der Waals surface area contributed by atoms with Crippen LogP contribution in [-0.2, 0) is 4.79 Å². The van der Waals surface area contributed by atoms with Crippen LogP contribution in [0.3, 0.4) is 0 Å². The molecule has 0 saturated carbocycles. The summed E-state index contributed by atoms with van der Waals surface area (Å²) in [6.45, 7) is 0. The third kappa shape index (κ3) is 2.01. The first-order valence-corrected chi connectivity index (χ1v) is 5.81. The van der Waals surface area contributed by atoms with E-state index in [9.17, 15) is 4.79 Å². The number of benzene rings is 1. The van der Waals surface area contributed by atoms with E-state index >= 15 is 0 Å². The van der Waals surface area contributed by atoms with Crippen LogP contribution >= 0.6 is 11.8 Å². The lowest BCUT2D eigenvalue weighted by atomic mass is 10.2. The van der Waals surface area contributed by atoms with Crippen LogP contribution in [0.25, 0.3) is 0 Å². The predicted octanol–water partition coefficient (Wildman–Crippen LogP) is 2.03. The molecule has 0 spiro atoms. The third-order valence-electron chi connectivity index (χ3n) is 2.24. The topological polar surface area (TPSA) is 67.9 Å². The summed E-state index contributed by atoms with van der Waals surface area (Å²) in [7, 11) is 0. The van der Waals surface area contributed by atoms with Crippen molar-refractivity contribution in [3.63, 3.8) is 0 Å². The zero-order valence-electron chi connectivity index (χ0n) is 8.75. The van der Waals surface area contributed by atoms with E-state index in [-0.39, 0.29) is 17.2 Å². The average molecular weight is 241 g/mol. The monoisotopic (exact) mass is 241 g/mol. The maximum absolute atomic E-state index is 11.8. The van der Waals surface area contributed by atoms with Gasteiger partial charge in [0.05, 0.1) is 5.75 Å². The van der Waals surface area contributed by atoms with Gasteiger partial charge in [-0.15, -0.1) is 0 Å². The van der Waals surface area contributed by atoms with E-state index in [1.165, 1.54) is 16.7 Å². The van der Waals surface area contributed by atoms with Crippen molar-refractivity contribution in [2.75, 3.05) is 10.7 Å². The first-order chi connectivity index (χ1) is 8.27. The van der Waals surface area contributed by atoms with Gasteiger partial charge in [0.25, 0.3) is 0 Å². The van der Waals surface area contributed by atoms with Gasteiger partial charge < -0.3 is 0 Å². The van der Waals surface area contributed by atoms with Gasteiger partial charge in [-0.2, -0.15) is 10.5 Å². The second kappa shape index (κ2) is 4.73. The molecule has 1 saturated heterocycles. The summed E-state index contributed by atoms with van der Waals surface area (Å²) < 4.78 is 0. The lowest BCUT2D eigenvalue weighted by Crippen LogP contribution is -2.24. The normalized spacial score (nSPS) is 14.4. The Hall–Kier alpha value is -2.24. The third-order valence-corrected chi connectivity index (χ3v) is 3.29. The number of para-hydroxylation sites is 1. The number of allylic oxidation sites excluding steroid dienone is 1. The van der Waals surface area contributed by atoms with Gasteiger partial charge in [-0.05, 0) is 12.1 Å². The van der Waals surface area contributed by atoms with Crippen LogP contribution in [0, 0.1) is 22.7 Å². The second-order valence-electron chi connectivity index (χ2n) is 3.26. The molecule has 4 nitrogen and oxygen atoms in total. The summed E-state index contributed by atoms with van der Waals surface area (Å²) in [5.74, 6) is 0.149. The minimum Gasteiger partial charge on any atom is -0.273 e. The number of hydrogen-bond acceptors (Lipinski definition) is 4. The molecule has 0 unspecified atom stereocenters. The molecule has 1 aliphatic rings. The van der Waals surface area contributed by atoms with Crippen LogP contribution in [0.2, 0.25) is 0 Å². The van der Waals surface area contributed by atoms with E-state index < -0.39 is 0 Å². The number of anilines is 1. The zero-order valence-corrected chi connectivity index (χ0v) is 9.57. The summed E-state index contributed by atoms with van der Waals surface area (Å²) >= 11 is 1.22. The number of rotatable bonds is 1. The van der Waals surface area contributed by atoms with Crippen LogP contribution in [-0.4, -0.2) is 11.7 Å². The molecule has 82 valence electrons. The first-order valence-electron chi connectivity index (χ1n) is 4.83. The van der Waals surface area contributed by atoms with Crippen molar-refractivity contribution in [2.45, 2.75) is 0 Å². The predicted molar refractivity (Wildman–Crippen MR) is 64.6 cm³/mol. The summed E-state index contributed by atoms with van der Waals surface area (Å²) in [5.41, 5.74) is 0.658. The number of carbonyl (C=O) groups is 1. The van der Waals surface area contributed by atoms with Crippen molar-refractivity contribution in [1.29, 1.82) is 10.5 Å². The highest BCUT2D eigenvalue weighted by molar-refractivity contribution is 8.04. The molecule has 1 aromatic rings. The fraction of sp³-hybridized carbons (Fsp3) is 0.0833. The van der Waals surface area contributed by atoms with Crippen LogP contribution in [0.4, 0.5) is 5.69 Å². The highest BCUT2D eigenvalue weighted by atomic mass is 32.2. The Balaban J connectivity index is 2.52. The second-order valence-corrected chi connectivity index (χ2v) is 4.22. The van der Waals surface area contributed by atoms with Crippen molar-refractivity contribution in [1.82, 2.24) is 0 Å². The Morgan fingerprint density at radius 2 is 1.88 bits per heavy atom. The summed E-state index contributed by atoms with van der Waals surface area (Å²) in [5, 5.41) is 18.1. The largest absolute Gasteiger partial charge is 0.273 e. The van der Waals surface area contributed by atoms with Gasteiger partial charge in [0.1, 0.15) is 17.2 Å². The van der Waals surface area contributed by atoms with Gasteiger partial charge in [-0.1, -0.05) is 30.0 Å². The van der Waals surface area contributed by atoms with Crippen LogP contribution < -0.4 is 4.90 Å². The number of nitrogens with zero attached hydrogens (tertiary/aromatic N) is 3. The van der Waals surface area contributed by atoms with Crippen molar-refractivity contribution >= 4 is 23.4 Å². The minimum atomic E-state index is -0.112. The average Bonchev–Trinajstić information content (AvgIpc) is 2.74. The molecule has 1 aliphatic heterocycles. The molecule has 0 bridgehead atoms. The smallest absolute Gasteiger partial charge is 0.242 e. The van der Waals surface area contributed by atoms with Gasteiger partial charge in [0.2, 0.25) is 5.91 Å². The number of carbonyl (C=O) groups excluding carboxylic acids is 1. The number of hydrogen-bond donors (Lipinski definition) is 0. The molecule has 2 rings (SSSR count). The maximum atomic E-state index is 11.8. The molecule has 17 heavy (non-hydrogen) atoms. The van der Waals surface area contributed by atoms with Crippen LogP contribution in [0.1, 0.15) is 0 Å². The molecule has 0 aliphatic carbocycles. The molecule has 0 aromatic heterocycles. The summed E-state index contributed by atoms with van der Waals surface area (Å²) in [4.78, 5) is 13.2. The first kappa shape index (κ1) is 11.3. The van der Waals surface area contributed by atoms with Crippen molar-refractivity contribution in [3.05, 3.63) is 40.9 Å². The molecule has 0 atom stereocenters. The van der Waals surface area contributed by atoms with Crippen molar-refractivity contribution in [2.24, 2.45) is 0 Å². The molecular weight excluding hydrogens is 234 g/mol. The Morgan fingerprint density at radius 1 is 1.24 bits per heavy atom. The Labute approximate surface area is 103 Å². The van der Waals surface area contributed by atoms with Gasteiger partial charge in [0, 0.05) is 5.69 Å². The lowest BCUT2D eigenvalue weighted by Gasteiger charge is -2.16. The molecule has 5 heteroatoms. The fourth-order valence-electron chi connectivity index (χ4n) is 1.52. The van der Waals surface area contributed by atoms with E-state index in [0.717, 1.165) is 0 Å². The molecular formula is C12H7N3OS. The van der Waals surface area contributed by atoms with E-state index in [1.807, 2.05) is 30.3 Å². The van der Waals surface area contributed by atoms with Gasteiger partial charge in [-0.3, -0.25) is 9.69 Å². The molecule has 1 fully saturated rings. The quantitative estimate of drug-likeness (QED) is 0.705. The highest BCUT2D eigenvalue weighted by Crippen LogP contribution is 2.35. The van der Waals surface area contributed by atoms with E-state index in [0.29, 0.717) is 10.7 Å². The molecule has 1 aromatic carbocycles. The maximum Gasteiger partial charge on any atom is 0.242 e. The minimum absolute atomic E-state index is 0.0234. The van der Waals surface area contributed by atoms with E-state index in [1.54, 1.807) is 12.1 Å². The molecule has 0 N–H and O–H groups in total. The Bertz CT molecular complexity index is 550. The van der Waals surface area contributed by atoms with Crippen molar-refractivity contribution in [3.8, 4) is 12.1 Å². The molecule has 0 radical (unpaired) electrons. The van der Waals surface area contributed by atoms with E-state index in [2.05, 4.69) is 0 Å². The number of amides is 1. The van der Waals surface area contributed by atoms with Gasteiger partial charge in [0.15, 0.2) is 5.57 Å². The molecule has 1 amide bonds. The SMILES string of the molecule is N#CC(C#N)=C1SCC(=O)N1c1ccccc1.